The van der Waals surface area contributed by atoms with Gasteiger partial charge in [0.15, 0.2) is 0 Å². The first-order chi connectivity index (χ1) is 7.75. The number of nitrogens with two attached hydrogens (primary N) is 1. The summed E-state index contributed by atoms with van der Waals surface area (Å²) in [4.78, 5) is 11.9. The van der Waals surface area contributed by atoms with E-state index in [1.807, 2.05) is 11.8 Å². The summed E-state index contributed by atoms with van der Waals surface area (Å²) in [5, 5.41) is 3.12. The van der Waals surface area contributed by atoms with E-state index in [4.69, 9.17) is 5.73 Å². The lowest BCUT2D eigenvalue weighted by Crippen LogP contribution is -2.38. The molecule has 1 saturated carbocycles. The first-order valence-corrected chi connectivity index (χ1v) is 7.52. The van der Waals surface area contributed by atoms with Crippen molar-refractivity contribution in [1.29, 1.82) is 0 Å². The van der Waals surface area contributed by atoms with Crippen LogP contribution in [0.5, 0.6) is 0 Å². The van der Waals surface area contributed by atoms with E-state index in [0.717, 1.165) is 32.2 Å². The predicted molar refractivity (Wildman–Crippen MR) is 68.4 cm³/mol. The van der Waals surface area contributed by atoms with Gasteiger partial charge < -0.3 is 11.1 Å². The highest BCUT2D eigenvalue weighted by Crippen LogP contribution is 2.25. The van der Waals surface area contributed by atoms with Crippen molar-refractivity contribution in [2.45, 2.75) is 38.1 Å². The Balaban J connectivity index is 1.67. The molecular weight excluding hydrogens is 220 g/mol. The second-order valence-corrected chi connectivity index (χ2v) is 6.24. The molecule has 3 nitrogen and oxygen atoms in total. The number of carbonyl (C=O) groups is 1. The molecule has 16 heavy (non-hydrogen) atoms. The lowest BCUT2D eigenvalue weighted by Gasteiger charge is -2.25. The largest absolute Gasteiger partial charge is 0.356 e. The molecule has 1 unspecified atom stereocenters. The lowest BCUT2D eigenvalue weighted by molar-refractivity contribution is -0.126. The van der Waals surface area contributed by atoms with E-state index in [9.17, 15) is 4.79 Å². The molecule has 0 aromatic carbocycles. The zero-order valence-electron chi connectivity index (χ0n) is 9.78. The summed E-state index contributed by atoms with van der Waals surface area (Å²) >= 11 is 2.00. The van der Waals surface area contributed by atoms with Gasteiger partial charge >= 0.3 is 0 Å². The quantitative estimate of drug-likeness (QED) is 0.786. The Morgan fingerprint density at radius 3 is 2.62 bits per heavy atom. The molecule has 2 rings (SSSR count). The highest BCUT2D eigenvalue weighted by Gasteiger charge is 2.25. The van der Waals surface area contributed by atoms with Crippen LogP contribution in [0.2, 0.25) is 0 Å². The van der Waals surface area contributed by atoms with Crippen LogP contribution in [-0.4, -0.2) is 30.0 Å². The van der Waals surface area contributed by atoms with E-state index in [0.29, 0.717) is 12.0 Å². The minimum absolute atomic E-state index is 0.230. The molecule has 0 aromatic rings. The summed E-state index contributed by atoms with van der Waals surface area (Å²) in [5.74, 6) is 3.69. The number of carbonyl (C=O) groups excluding carboxylic acids is 1. The molecule has 1 amide bonds. The minimum atomic E-state index is 0.230. The van der Waals surface area contributed by atoms with Gasteiger partial charge in [0.05, 0.1) is 0 Å². The summed E-state index contributed by atoms with van der Waals surface area (Å²) in [5.41, 5.74) is 5.84. The molecule has 2 aliphatic rings. The fourth-order valence-corrected chi connectivity index (χ4v) is 3.80. The average Bonchev–Trinajstić information content (AvgIpc) is 2.80. The Morgan fingerprint density at radius 1 is 1.25 bits per heavy atom. The van der Waals surface area contributed by atoms with E-state index in [1.165, 1.54) is 17.9 Å². The molecule has 1 aliphatic heterocycles. The van der Waals surface area contributed by atoms with Crippen LogP contribution in [0, 0.1) is 11.8 Å². The van der Waals surface area contributed by atoms with Crippen molar-refractivity contribution in [2.24, 2.45) is 17.6 Å². The third-order valence-electron chi connectivity index (χ3n) is 3.73. The van der Waals surface area contributed by atoms with Gasteiger partial charge in [0, 0.05) is 18.5 Å². The number of rotatable bonds is 3. The van der Waals surface area contributed by atoms with Crippen LogP contribution >= 0.6 is 11.8 Å². The van der Waals surface area contributed by atoms with Crippen molar-refractivity contribution in [1.82, 2.24) is 5.32 Å². The molecule has 1 atom stereocenters. The number of amides is 1. The Bertz CT molecular complexity index is 233. The van der Waals surface area contributed by atoms with E-state index in [2.05, 4.69) is 5.32 Å². The SMILES string of the molecule is NC1CCC(C(=O)NCC2CCSC2)CC1. The van der Waals surface area contributed by atoms with Gasteiger partial charge in [-0.1, -0.05) is 0 Å². The maximum atomic E-state index is 11.9. The summed E-state index contributed by atoms with van der Waals surface area (Å²) in [6.45, 7) is 0.883. The molecule has 92 valence electrons. The molecule has 0 aromatic heterocycles. The van der Waals surface area contributed by atoms with Crippen LogP contribution in [0.15, 0.2) is 0 Å². The molecule has 1 aliphatic carbocycles. The monoisotopic (exact) mass is 242 g/mol. The van der Waals surface area contributed by atoms with Gasteiger partial charge in [-0.15, -0.1) is 0 Å². The second kappa shape index (κ2) is 5.92. The van der Waals surface area contributed by atoms with Crippen molar-refractivity contribution >= 4 is 17.7 Å². The molecule has 2 fully saturated rings. The molecular formula is C12H22N2OS. The van der Waals surface area contributed by atoms with E-state index < -0.39 is 0 Å². The van der Waals surface area contributed by atoms with Gasteiger partial charge in [-0.3, -0.25) is 4.79 Å². The van der Waals surface area contributed by atoms with Crippen molar-refractivity contribution in [3.8, 4) is 0 Å². The second-order valence-electron chi connectivity index (χ2n) is 5.09. The van der Waals surface area contributed by atoms with Gasteiger partial charge in [0.25, 0.3) is 0 Å². The maximum Gasteiger partial charge on any atom is 0.223 e. The van der Waals surface area contributed by atoms with Crippen LogP contribution in [0.4, 0.5) is 0 Å². The normalized spacial score (nSPS) is 34.9. The zero-order valence-corrected chi connectivity index (χ0v) is 10.6. The fraction of sp³-hybridized carbons (Fsp3) is 0.917. The van der Waals surface area contributed by atoms with E-state index in [1.54, 1.807) is 0 Å². The topological polar surface area (TPSA) is 55.1 Å². The summed E-state index contributed by atoms with van der Waals surface area (Å²) in [7, 11) is 0. The number of nitrogens with one attached hydrogen (secondary N) is 1. The Kier molecular flexibility index (Phi) is 4.53. The molecule has 1 heterocycles. The average molecular weight is 242 g/mol. The molecule has 3 N–H and O–H groups in total. The van der Waals surface area contributed by atoms with Gasteiger partial charge in [-0.25, -0.2) is 0 Å². The zero-order chi connectivity index (χ0) is 11.4. The molecule has 0 spiro atoms. The first-order valence-electron chi connectivity index (χ1n) is 6.36. The summed E-state index contributed by atoms with van der Waals surface area (Å²) < 4.78 is 0. The summed E-state index contributed by atoms with van der Waals surface area (Å²) in [6, 6.07) is 0.329. The first kappa shape index (κ1) is 12.2. The van der Waals surface area contributed by atoms with Crippen molar-refractivity contribution in [3.05, 3.63) is 0 Å². The smallest absolute Gasteiger partial charge is 0.223 e. The third-order valence-corrected chi connectivity index (χ3v) is 4.96. The highest BCUT2D eigenvalue weighted by molar-refractivity contribution is 7.99. The van der Waals surface area contributed by atoms with E-state index in [-0.39, 0.29) is 11.8 Å². The van der Waals surface area contributed by atoms with Gasteiger partial charge in [0.2, 0.25) is 5.91 Å². The van der Waals surface area contributed by atoms with E-state index >= 15 is 0 Å². The van der Waals surface area contributed by atoms with Crippen LogP contribution < -0.4 is 11.1 Å². The summed E-state index contributed by atoms with van der Waals surface area (Å²) in [6.07, 6.45) is 5.24. The standard InChI is InChI=1S/C12H22N2OS/c13-11-3-1-10(2-4-11)12(15)14-7-9-5-6-16-8-9/h9-11H,1-8,13H2,(H,14,15). The third kappa shape index (κ3) is 3.39. The maximum absolute atomic E-state index is 11.9. The van der Waals surface area contributed by atoms with Crippen LogP contribution in [0.25, 0.3) is 0 Å². The fourth-order valence-electron chi connectivity index (χ4n) is 2.51. The Labute approximate surface area is 102 Å². The van der Waals surface area contributed by atoms with Gasteiger partial charge in [0.1, 0.15) is 0 Å². The minimum Gasteiger partial charge on any atom is -0.356 e. The molecule has 1 saturated heterocycles. The molecule has 0 bridgehead atoms. The van der Waals surface area contributed by atoms with Gasteiger partial charge in [-0.05, 0) is 49.5 Å². The Morgan fingerprint density at radius 2 is 2.00 bits per heavy atom. The lowest BCUT2D eigenvalue weighted by atomic mass is 9.86. The van der Waals surface area contributed by atoms with Crippen LogP contribution in [0.1, 0.15) is 32.1 Å². The van der Waals surface area contributed by atoms with Crippen LogP contribution in [-0.2, 0) is 4.79 Å². The molecule has 4 heteroatoms. The number of hydrogen-bond donors (Lipinski definition) is 2. The molecule has 0 radical (unpaired) electrons. The van der Waals surface area contributed by atoms with Crippen molar-refractivity contribution < 1.29 is 4.79 Å². The highest BCUT2D eigenvalue weighted by atomic mass is 32.2. The van der Waals surface area contributed by atoms with Crippen molar-refractivity contribution in [3.63, 3.8) is 0 Å². The van der Waals surface area contributed by atoms with Crippen LogP contribution in [0.3, 0.4) is 0 Å². The van der Waals surface area contributed by atoms with Crippen molar-refractivity contribution in [2.75, 3.05) is 18.1 Å². The number of hydrogen-bond acceptors (Lipinski definition) is 3. The van der Waals surface area contributed by atoms with Gasteiger partial charge in [-0.2, -0.15) is 11.8 Å². The predicted octanol–water partition coefficient (Wildman–Crippen LogP) is 1.37. The Hall–Kier alpha value is -0.220. The number of thioether (sulfide) groups is 1.